The second-order valence-electron chi connectivity index (χ2n) is 19.2. The van der Waals surface area contributed by atoms with Gasteiger partial charge in [0.15, 0.2) is 6.10 Å². The summed E-state index contributed by atoms with van der Waals surface area (Å²) in [5, 5.41) is 0. The minimum atomic E-state index is -4.64. The first-order valence-corrected chi connectivity index (χ1v) is 29.2. The maximum atomic E-state index is 12.7. The van der Waals surface area contributed by atoms with E-state index in [2.05, 4.69) is 135 Å². The fourth-order valence-electron chi connectivity index (χ4n) is 6.94. The average molecular weight is 1010 g/mol. The molecule has 0 saturated carbocycles. The van der Waals surface area contributed by atoms with Crippen molar-refractivity contribution < 1.29 is 42.1 Å². The van der Waals surface area contributed by atoms with Gasteiger partial charge in [-0.2, -0.15) is 0 Å². The van der Waals surface area contributed by atoms with E-state index in [1.807, 2.05) is 21.1 Å². The highest BCUT2D eigenvalue weighted by molar-refractivity contribution is 7.45. The van der Waals surface area contributed by atoms with E-state index in [1.165, 1.54) is 38.5 Å². The number of esters is 2. The van der Waals surface area contributed by atoms with Crippen LogP contribution in [0.15, 0.2) is 122 Å². The molecule has 0 N–H and O–H groups in total. The van der Waals surface area contributed by atoms with Gasteiger partial charge in [0.05, 0.1) is 27.7 Å². The zero-order valence-electron chi connectivity index (χ0n) is 45.6. The third kappa shape index (κ3) is 55.6. The summed E-state index contributed by atoms with van der Waals surface area (Å²) < 4.78 is 34.0. The average Bonchev–Trinajstić information content (AvgIpc) is 3.33. The van der Waals surface area contributed by atoms with Crippen LogP contribution in [0.3, 0.4) is 0 Å². The highest BCUT2D eigenvalue weighted by Crippen LogP contribution is 2.38. The number of unbranched alkanes of at least 4 members (excludes halogenated alkanes) is 15. The topological polar surface area (TPSA) is 111 Å². The number of quaternary nitrogens is 1. The van der Waals surface area contributed by atoms with Crippen molar-refractivity contribution >= 4 is 19.8 Å². The van der Waals surface area contributed by atoms with Gasteiger partial charge in [0, 0.05) is 12.8 Å². The summed E-state index contributed by atoms with van der Waals surface area (Å²) in [6.45, 7) is 4.01. The van der Waals surface area contributed by atoms with Gasteiger partial charge in [0.1, 0.15) is 19.8 Å². The van der Waals surface area contributed by atoms with E-state index in [9.17, 15) is 19.0 Å². The SMILES string of the molecule is CC/C=C\C/C=C\C/C=C\C/C=C\C/C=C\C/C=C\C/C=C\C/C=C\C/C=C\CCCCCCCCCCCC(=O)OC(COC(=O)CCCCCCC/C=C\CCC)COP(=O)([O-])OCC[N+](C)(C)C. The Hall–Kier alpha value is -3.59. The van der Waals surface area contributed by atoms with Crippen LogP contribution >= 0.6 is 7.82 Å². The van der Waals surface area contributed by atoms with E-state index in [-0.39, 0.29) is 26.1 Å². The lowest BCUT2D eigenvalue weighted by atomic mass is 10.1. The van der Waals surface area contributed by atoms with Crippen molar-refractivity contribution in [2.45, 2.75) is 206 Å². The molecule has 71 heavy (non-hydrogen) atoms. The van der Waals surface area contributed by atoms with Crippen molar-refractivity contribution in [3.8, 4) is 0 Å². The second kappa shape index (κ2) is 51.3. The Morgan fingerprint density at radius 1 is 0.451 bits per heavy atom. The highest BCUT2D eigenvalue weighted by Gasteiger charge is 2.21. The Bertz CT molecular complexity index is 1610. The van der Waals surface area contributed by atoms with E-state index < -0.39 is 32.5 Å². The van der Waals surface area contributed by atoms with Gasteiger partial charge in [0.2, 0.25) is 0 Å². The van der Waals surface area contributed by atoms with E-state index >= 15 is 0 Å². The molecule has 10 heteroatoms. The number of hydrogen-bond donors (Lipinski definition) is 0. The van der Waals surface area contributed by atoms with Crippen LogP contribution in [0, 0.1) is 0 Å². The summed E-state index contributed by atoms with van der Waals surface area (Å²) in [7, 11) is 1.14. The van der Waals surface area contributed by atoms with Gasteiger partial charge in [-0.1, -0.05) is 206 Å². The lowest BCUT2D eigenvalue weighted by Gasteiger charge is -2.28. The number of phosphoric ester groups is 1. The number of carbonyl (C=O) groups is 2. The van der Waals surface area contributed by atoms with Crippen molar-refractivity contribution in [3.63, 3.8) is 0 Å². The standard InChI is InChI=1S/C61H102NO8P/c1-6-8-10-12-14-16-18-19-20-21-22-23-24-25-26-27-28-29-30-31-32-33-34-35-36-37-38-39-40-41-42-43-44-46-48-50-52-54-61(64)70-59(58-69-71(65,66)68-56-55-62(3,4)5)57-67-60(63)53-51-49-47-45-17-15-13-11-9-7-2/h8,10-11,13-14,16,19-20,22-23,25-26,28-29,31-32,34-35,37-38,59H,6-7,9,12,15,17-18,21,24,27,30,33,36,39-58H2,1-5H3/b10-8-,13-11-,16-14-,20-19-,23-22-,26-25-,29-28-,32-31-,35-34-,38-37-. The molecule has 0 radical (unpaired) electrons. The quantitative estimate of drug-likeness (QED) is 0.0195. The molecule has 0 rings (SSSR count). The number of phosphoric acid groups is 1. The summed E-state index contributed by atoms with van der Waals surface area (Å²) in [6.07, 6.45) is 72.6. The van der Waals surface area contributed by atoms with Gasteiger partial charge < -0.3 is 27.9 Å². The lowest BCUT2D eigenvalue weighted by molar-refractivity contribution is -0.870. The molecular weight excluding hydrogens is 906 g/mol. The molecule has 0 aliphatic carbocycles. The Morgan fingerprint density at radius 3 is 1.21 bits per heavy atom. The van der Waals surface area contributed by atoms with Crippen molar-refractivity contribution in [1.82, 2.24) is 0 Å². The Balaban J connectivity index is 4.09. The van der Waals surface area contributed by atoms with Crippen LogP contribution in [-0.4, -0.2) is 70.0 Å². The summed E-state index contributed by atoms with van der Waals surface area (Å²) in [5.41, 5.74) is 0. The van der Waals surface area contributed by atoms with E-state index in [0.29, 0.717) is 23.9 Å². The Kier molecular flexibility index (Phi) is 48.7. The van der Waals surface area contributed by atoms with Crippen LogP contribution in [-0.2, 0) is 32.7 Å². The monoisotopic (exact) mass is 1010 g/mol. The molecular formula is C61H102NO8P. The third-order valence-electron chi connectivity index (χ3n) is 11.2. The molecule has 0 saturated heterocycles. The van der Waals surface area contributed by atoms with Crippen LogP contribution < -0.4 is 4.89 Å². The smallest absolute Gasteiger partial charge is 0.306 e. The predicted octanol–water partition coefficient (Wildman–Crippen LogP) is 16.6. The maximum Gasteiger partial charge on any atom is 0.306 e. The summed E-state index contributed by atoms with van der Waals surface area (Å²) in [6, 6.07) is 0. The highest BCUT2D eigenvalue weighted by atomic mass is 31.2. The Labute approximate surface area is 435 Å². The molecule has 0 fully saturated rings. The maximum absolute atomic E-state index is 12.7. The Morgan fingerprint density at radius 2 is 0.803 bits per heavy atom. The number of allylic oxidation sites excluding steroid dienone is 20. The first-order chi connectivity index (χ1) is 34.5. The molecule has 404 valence electrons. The number of carbonyl (C=O) groups excluding carboxylic acids is 2. The fourth-order valence-corrected chi connectivity index (χ4v) is 7.67. The summed E-state index contributed by atoms with van der Waals surface area (Å²) in [5.74, 6) is -0.863. The van der Waals surface area contributed by atoms with Crippen LogP contribution in [0.5, 0.6) is 0 Å². The number of nitrogens with zero attached hydrogens (tertiary/aromatic N) is 1. The van der Waals surface area contributed by atoms with Gasteiger partial charge in [-0.25, -0.2) is 0 Å². The van der Waals surface area contributed by atoms with Gasteiger partial charge >= 0.3 is 11.9 Å². The first kappa shape index (κ1) is 67.4. The number of rotatable bonds is 49. The third-order valence-corrected chi connectivity index (χ3v) is 12.2. The van der Waals surface area contributed by atoms with Gasteiger partial charge in [-0.05, 0) is 103 Å². The molecule has 2 atom stereocenters. The largest absolute Gasteiger partial charge is 0.756 e. The van der Waals surface area contributed by atoms with E-state index in [0.717, 1.165) is 122 Å². The molecule has 0 aromatic heterocycles. The van der Waals surface area contributed by atoms with Gasteiger partial charge in [-0.3, -0.25) is 14.2 Å². The van der Waals surface area contributed by atoms with Crippen LogP contribution in [0.1, 0.15) is 200 Å². The molecule has 0 spiro atoms. The molecule has 0 aliphatic rings. The second-order valence-corrected chi connectivity index (χ2v) is 20.6. The molecule has 9 nitrogen and oxygen atoms in total. The van der Waals surface area contributed by atoms with E-state index in [4.69, 9.17) is 18.5 Å². The first-order valence-electron chi connectivity index (χ1n) is 27.7. The molecule has 0 bridgehead atoms. The van der Waals surface area contributed by atoms with Gasteiger partial charge in [-0.15, -0.1) is 0 Å². The molecule has 0 heterocycles. The molecule has 0 amide bonds. The molecule has 0 aromatic carbocycles. The van der Waals surface area contributed by atoms with Crippen molar-refractivity contribution in [2.24, 2.45) is 0 Å². The zero-order valence-corrected chi connectivity index (χ0v) is 46.5. The van der Waals surface area contributed by atoms with E-state index in [1.54, 1.807) is 0 Å². The summed E-state index contributed by atoms with van der Waals surface area (Å²) in [4.78, 5) is 37.6. The minimum absolute atomic E-state index is 0.0390. The fraction of sp³-hybridized carbons (Fsp3) is 0.639. The number of likely N-dealkylation sites (N-methyl/N-ethyl adjacent to an activating group) is 1. The van der Waals surface area contributed by atoms with Crippen LogP contribution in [0.2, 0.25) is 0 Å². The van der Waals surface area contributed by atoms with Gasteiger partial charge in [0.25, 0.3) is 7.82 Å². The molecule has 2 unspecified atom stereocenters. The molecule has 0 aliphatic heterocycles. The number of ether oxygens (including phenoxy) is 2. The zero-order chi connectivity index (χ0) is 52.0. The lowest BCUT2D eigenvalue weighted by Crippen LogP contribution is -2.37. The predicted molar refractivity (Wildman–Crippen MR) is 300 cm³/mol. The van der Waals surface area contributed by atoms with Crippen molar-refractivity contribution in [1.29, 1.82) is 0 Å². The summed E-state index contributed by atoms with van der Waals surface area (Å²) >= 11 is 0. The van der Waals surface area contributed by atoms with Crippen molar-refractivity contribution in [2.75, 3.05) is 47.5 Å². The van der Waals surface area contributed by atoms with Crippen molar-refractivity contribution in [3.05, 3.63) is 122 Å². The van der Waals surface area contributed by atoms with Crippen LogP contribution in [0.4, 0.5) is 0 Å². The normalized spacial score (nSPS) is 14.3. The number of hydrogen-bond acceptors (Lipinski definition) is 8. The molecule has 0 aromatic rings. The minimum Gasteiger partial charge on any atom is -0.756 e. The van der Waals surface area contributed by atoms with Crippen LogP contribution in [0.25, 0.3) is 0 Å².